The summed E-state index contributed by atoms with van der Waals surface area (Å²) in [5, 5.41) is 0. The Kier molecular flexibility index (Phi) is 4.23. The quantitative estimate of drug-likeness (QED) is 0.584. The average molecular weight is 160 g/mol. The summed E-state index contributed by atoms with van der Waals surface area (Å²) in [6, 6.07) is 0. The molecule has 1 atom stereocenters. The SMILES string of the molecule is CCSCCC1CCCO1. The van der Waals surface area contributed by atoms with Crippen molar-refractivity contribution in [3.63, 3.8) is 0 Å². The Hall–Kier alpha value is 0.310. The molecule has 0 aromatic heterocycles. The topological polar surface area (TPSA) is 9.23 Å². The lowest BCUT2D eigenvalue weighted by Gasteiger charge is -2.06. The van der Waals surface area contributed by atoms with Crippen LogP contribution in [0.25, 0.3) is 0 Å². The van der Waals surface area contributed by atoms with Crippen LogP contribution in [-0.2, 0) is 4.74 Å². The van der Waals surface area contributed by atoms with Gasteiger partial charge >= 0.3 is 0 Å². The van der Waals surface area contributed by atoms with Gasteiger partial charge in [0.05, 0.1) is 6.10 Å². The molecule has 1 aliphatic rings. The van der Waals surface area contributed by atoms with Gasteiger partial charge in [0.2, 0.25) is 0 Å². The smallest absolute Gasteiger partial charge is 0.0583 e. The highest BCUT2D eigenvalue weighted by Gasteiger charge is 2.13. The van der Waals surface area contributed by atoms with Gasteiger partial charge in [0.25, 0.3) is 0 Å². The summed E-state index contributed by atoms with van der Waals surface area (Å²) in [5.41, 5.74) is 0. The van der Waals surface area contributed by atoms with Crippen molar-refractivity contribution in [2.24, 2.45) is 0 Å². The Morgan fingerprint density at radius 1 is 1.60 bits per heavy atom. The molecule has 0 saturated carbocycles. The zero-order chi connectivity index (χ0) is 7.23. The fourth-order valence-corrected chi connectivity index (χ4v) is 1.95. The van der Waals surface area contributed by atoms with E-state index in [9.17, 15) is 0 Å². The Morgan fingerprint density at radius 2 is 2.50 bits per heavy atom. The number of rotatable bonds is 4. The van der Waals surface area contributed by atoms with Crippen LogP contribution in [0.3, 0.4) is 0 Å². The van der Waals surface area contributed by atoms with Gasteiger partial charge < -0.3 is 4.74 Å². The van der Waals surface area contributed by atoms with Gasteiger partial charge in [-0.3, -0.25) is 0 Å². The molecule has 60 valence electrons. The molecule has 0 N–H and O–H groups in total. The van der Waals surface area contributed by atoms with E-state index in [1.54, 1.807) is 0 Å². The molecule has 0 amide bonds. The van der Waals surface area contributed by atoms with Crippen molar-refractivity contribution in [3.8, 4) is 0 Å². The van der Waals surface area contributed by atoms with Gasteiger partial charge in [0, 0.05) is 6.61 Å². The van der Waals surface area contributed by atoms with Crippen LogP contribution in [0.5, 0.6) is 0 Å². The third kappa shape index (κ3) is 2.93. The monoisotopic (exact) mass is 160 g/mol. The van der Waals surface area contributed by atoms with Crippen LogP contribution in [0.4, 0.5) is 0 Å². The maximum absolute atomic E-state index is 5.49. The van der Waals surface area contributed by atoms with E-state index in [0.29, 0.717) is 6.10 Å². The first-order chi connectivity index (χ1) is 4.93. The normalized spacial score (nSPS) is 25.5. The molecule has 1 saturated heterocycles. The molecule has 1 heterocycles. The summed E-state index contributed by atoms with van der Waals surface area (Å²) in [6.45, 7) is 3.21. The minimum Gasteiger partial charge on any atom is -0.378 e. The van der Waals surface area contributed by atoms with Crippen LogP contribution in [0.15, 0.2) is 0 Å². The van der Waals surface area contributed by atoms with E-state index < -0.39 is 0 Å². The summed E-state index contributed by atoms with van der Waals surface area (Å²) in [5.74, 6) is 2.52. The van der Waals surface area contributed by atoms with Crippen molar-refractivity contribution in [2.75, 3.05) is 18.1 Å². The summed E-state index contributed by atoms with van der Waals surface area (Å²) in [6.07, 6.45) is 4.43. The first-order valence-corrected chi connectivity index (χ1v) is 5.28. The maximum atomic E-state index is 5.49. The number of thioether (sulfide) groups is 1. The molecule has 1 unspecified atom stereocenters. The molecule has 1 rings (SSSR count). The molecular weight excluding hydrogens is 144 g/mol. The zero-order valence-corrected chi connectivity index (χ0v) is 7.45. The van der Waals surface area contributed by atoms with Crippen molar-refractivity contribution in [1.82, 2.24) is 0 Å². The zero-order valence-electron chi connectivity index (χ0n) is 6.64. The molecule has 0 aliphatic carbocycles. The van der Waals surface area contributed by atoms with E-state index in [1.165, 1.54) is 30.8 Å². The molecule has 0 radical (unpaired) electrons. The highest BCUT2D eigenvalue weighted by atomic mass is 32.2. The Morgan fingerprint density at radius 3 is 3.10 bits per heavy atom. The van der Waals surface area contributed by atoms with Gasteiger partial charge in [-0.15, -0.1) is 0 Å². The third-order valence-corrected chi connectivity index (χ3v) is 2.74. The van der Waals surface area contributed by atoms with Crippen LogP contribution in [-0.4, -0.2) is 24.2 Å². The van der Waals surface area contributed by atoms with E-state index in [2.05, 4.69) is 6.92 Å². The fraction of sp³-hybridized carbons (Fsp3) is 1.00. The first-order valence-electron chi connectivity index (χ1n) is 4.13. The van der Waals surface area contributed by atoms with Crippen LogP contribution in [0.2, 0.25) is 0 Å². The molecule has 1 nitrogen and oxygen atoms in total. The standard InChI is InChI=1S/C8H16OS/c1-2-10-7-5-8-4-3-6-9-8/h8H,2-7H2,1H3. The third-order valence-electron chi connectivity index (χ3n) is 1.81. The second-order valence-corrected chi connectivity index (χ2v) is 4.01. The Bertz CT molecular complexity index is 79.3. The molecular formula is C8H16OS. The highest BCUT2D eigenvalue weighted by molar-refractivity contribution is 7.99. The number of hydrogen-bond donors (Lipinski definition) is 0. The minimum absolute atomic E-state index is 0.596. The number of hydrogen-bond acceptors (Lipinski definition) is 2. The second-order valence-electron chi connectivity index (χ2n) is 2.62. The molecule has 0 bridgehead atoms. The fourth-order valence-electron chi connectivity index (χ4n) is 1.23. The van der Waals surface area contributed by atoms with Crippen LogP contribution in [0.1, 0.15) is 26.2 Å². The van der Waals surface area contributed by atoms with Gasteiger partial charge in [-0.2, -0.15) is 11.8 Å². The second kappa shape index (κ2) is 5.03. The summed E-state index contributed by atoms with van der Waals surface area (Å²) in [4.78, 5) is 0. The first kappa shape index (κ1) is 8.41. The van der Waals surface area contributed by atoms with E-state index in [1.807, 2.05) is 11.8 Å². The van der Waals surface area contributed by atoms with Gasteiger partial charge in [-0.1, -0.05) is 6.92 Å². The van der Waals surface area contributed by atoms with Crippen molar-refractivity contribution in [1.29, 1.82) is 0 Å². The summed E-state index contributed by atoms with van der Waals surface area (Å²) in [7, 11) is 0. The molecule has 10 heavy (non-hydrogen) atoms. The van der Waals surface area contributed by atoms with Crippen LogP contribution in [0, 0.1) is 0 Å². The lowest BCUT2D eigenvalue weighted by Crippen LogP contribution is -2.05. The average Bonchev–Trinajstić information content (AvgIpc) is 2.41. The summed E-state index contributed by atoms with van der Waals surface area (Å²) < 4.78 is 5.49. The van der Waals surface area contributed by atoms with E-state index >= 15 is 0 Å². The van der Waals surface area contributed by atoms with Gasteiger partial charge in [0.15, 0.2) is 0 Å². The van der Waals surface area contributed by atoms with Gasteiger partial charge in [0.1, 0.15) is 0 Å². The van der Waals surface area contributed by atoms with Crippen molar-refractivity contribution >= 4 is 11.8 Å². The molecule has 0 aromatic rings. The van der Waals surface area contributed by atoms with E-state index in [4.69, 9.17) is 4.74 Å². The highest BCUT2D eigenvalue weighted by Crippen LogP contribution is 2.17. The Balaban J connectivity index is 1.91. The minimum atomic E-state index is 0.596. The van der Waals surface area contributed by atoms with Crippen LogP contribution < -0.4 is 0 Å². The van der Waals surface area contributed by atoms with Crippen molar-refractivity contribution in [3.05, 3.63) is 0 Å². The van der Waals surface area contributed by atoms with Crippen LogP contribution >= 0.6 is 11.8 Å². The molecule has 0 spiro atoms. The van der Waals surface area contributed by atoms with Gasteiger partial charge in [-0.25, -0.2) is 0 Å². The van der Waals surface area contributed by atoms with E-state index in [0.717, 1.165) is 6.61 Å². The maximum Gasteiger partial charge on any atom is 0.0583 e. The molecule has 1 aliphatic heterocycles. The largest absolute Gasteiger partial charge is 0.378 e. The lowest BCUT2D eigenvalue weighted by molar-refractivity contribution is 0.109. The van der Waals surface area contributed by atoms with Gasteiger partial charge in [-0.05, 0) is 30.8 Å². The molecule has 0 aromatic carbocycles. The Labute approximate surface area is 67.5 Å². The van der Waals surface area contributed by atoms with Crippen molar-refractivity contribution in [2.45, 2.75) is 32.3 Å². The number of ether oxygens (including phenoxy) is 1. The lowest BCUT2D eigenvalue weighted by atomic mass is 10.2. The predicted molar refractivity (Wildman–Crippen MR) is 46.6 cm³/mol. The molecule has 2 heteroatoms. The summed E-state index contributed by atoms with van der Waals surface area (Å²) >= 11 is 2.01. The van der Waals surface area contributed by atoms with E-state index in [-0.39, 0.29) is 0 Å². The predicted octanol–water partition coefficient (Wildman–Crippen LogP) is 2.31. The molecule has 1 fully saturated rings. The van der Waals surface area contributed by atoms with Crippen molar-refractivity contribution < 1.29 is 4.74 Å².